The first kappa shape index (κ1) is 36.0. The number of allylic oxidation sites excluding steroid dienone is 2. The van der Waals surface area contributed by atoms with Crippen LogP contribution in [0.2, 0.25) is 0 Å². The monoisotopic (exact) mass is 676 g/mol. The van der Waals surface area contributed by atoms with E-state index in [9.17, 15) is 24.0 Å². The van der Waals surface area contributed by atoms with E-state index in [0.29, 0.717) is 62.3 Å². The Bertz CT molecular complexity index is 1920. The van der Waals surface area contributed by atoms with Gasteiger partial charge in [-0.2, -0.15) is 0 Å². The Balaban J connectivity index is 0.000000203. The molecule has 4 aromatic rings. The average molecular weight is 677 g/mol. The first-order valence-electron chi connectivity index (χ1n) is 15.6. The van der Waals surface area contributed by atoms with Crippen molar-refractivity contribution in [1.29, 1.82) is 0 Å². The Morgan fingerprint density at radius 1 is 0.531 bits per heavy atom. The third-order valence-electron chi connectivity index (χ3n) is 7.86. The lowest BCUT2D eigenvalue weighted by Gasteiger charge is -2.20. The Hall–Kier alpha value is -5.80. The quantitative estimate of drug-likeness (QED) is 0.0972. The van der Waals surface area contributed by atoms with Crippen molar-refractivity contribution in [3.05, 3.63) is 142 Å². The molecule has 0 amide bonds. The summed E-state index contributed by atoms with van der Waals surface area (Å²) < 4.78 is 0. The highest BCUT2D eigenvalue weighted by Crippen LogP contribution is 2.32. The Morgan fingerprint density at radius 3 is 1.12 bits per heavy atom. The number of hydrogen-bond donors (Lipinski definition) is 4. The van der Waals surface area contributed by atoms with Crippen molar-refractivity contribution in [2.75, 3.05) is 22.1 Å². The summed E-state index contributed by atoms with van der Waals surface area (Å²) in [5.74, 6) is -0.652. The Morgan fingerprint density at radius 2 is 0.816 bits per heavy atom. The predicted octanol–water partition coefficient (Wildman–Crippen LogP) is 7.92. The summed E-state index contributed by atoms with van der Waals surface area (Å²) >= 11 is 4.82. The van der Waals surface area contributed by atoms with Crippen molar-refractivity contribution in [2.24, 2.45) is 0 Å². The molecule has 2 aliphatic rings. The normalized spacial score (nSPS) is 12.1. The summed E-state index contributed by atoms with van der Waals surface area (Å²) in [6.45, 7) is 13.5. The van der Waals surface area contributed by atoms with Gasteiger partial charge in [-0.25, -0.2) is 0 Å². The molecule has 4 aromatic carbocycles. The summed E-state index contributed by atoms with van der Waals surface area (Å²) in [5.41, 5.74) is 18.6. The highest BCUT2D eigenvalue weighted by Gasteiger charge is 2.31. The summed E-state index contributed by atoms with van der Waals surface area (Å²) in [6.07, 6.45) is 1.99. The lowest BCUT2D eigenvalue weighted by Crippen LogP contribution is -2.21. The number of carbonyl (C=O) groups is 5. The lowest BCUT2D eigenvalue weighted by atomic mass is 9.83. The fraction of sp³-hybridized carbons (Fsp3) is 0.154. The topological polar surface area (TPSA) is 161 Å². The number of fused-ring (bicyclic) bond motifs is 4. The van der Waals surface area contributed by atoms with Crippen LogP contribution in [0.5, 0.6) is 0 Å². The molecule has 0 saturated carbocycles. The van der Waals surface area contributed by atoms with Crippen LogP contribution in [-0.4, -0.2) is 28.4 Å². The van der Waals surface area contributed by atoms with Gasteiger partial charge in [0.25, 0.3) is 0 Å². The van der Waals surface area contributed by atoms with Gasteiger partial charge in [-0.15, -0.1) is 0 Å². The first-order valence-corrected chi connectivity index (χ1v) is 16.0. The van der Waals surface area contributed by atoms with Gasteiger partial charge in [0.2, 0.25) is 5.24 Å². The molecule has 0 radical (unpaired) electrons. The van der Waals surface area contributed by atoms with Crippen LogP contribution in [0.15, 0.2) is 97.3 Å². The maximum atomic E-state index is 13.0. The third kappa shape index (κ3) is 8.02. The highest BCUT2D eigenvalue weighted by molar-refractivity contribution is 6.63. The molecule has 0 bridgehead atoms. The Labute approximate surface area is 290 Å². The van der Waals surface area contributed by atoms with Crippen LogP contribution in [0, 0.1) is 0 Å². The van der Waals surface area contributed by atoms with Gasteiger partial charge in [-0.05, 0) is 97.2 Å². The molecule has 10 heteroatoms. The van der Waals surface area contributed by atoms with Crippen molar-refractivity contribution in [3.8, 4) is 0 Å². The van der Waals surface area contributed by atoms with Gasteiger partial charge in [0.05, 0.1) is 0 Å². The highest BCUT2D eigenvalue weighted by atomic mass is 35.5. The molecule has 0 aliphatic heterocycles. The number of halogens is 1. The molecule has 49 heavy (non-hydrogen) atoms. The van der Waals surface area contributed by atoms with E-state index in [2.05, 4.69) is 23.8 Å². The molecule has 6 N–H and O–H groups in total. The van der Waals surface area contributed by atoms with Gasteiger partial charge >= 0.3 is 0 Å². The van der Waals surface area contributed by atoms with E-state index in [1.807, 2.05) is 13.8 Å². The molecule has 250 valence electrons. The number of benzene rings is 4. The number of hydrogen-bond acceptors (Lipinski definition) is 9. The predicted molar refractivity (Wildman–Crippen MR) is 196 cm³/mol. The second-order valence-electron chi connectivity index (χ2n) is 11.3. The van der Waals surface area contributed by atoms with Crippen molar-refractivity contribution in [3.63, 3.8) is 0 Å². The number of ketones is 4. The number of carbonyl (C=O) groups excluding carboxylic acids is 5. The molecular weight excluding hydrogens is 640 g/mol. The Kier molecular flexibility index (Phi) is 11.3. The zero-order valence-electron chi connectivity index (χ0n) is 27.5. The second-order valence-corrected chi connectivity index (χ2v) is 11.7. The first-order chi connectivity index (χ1) is 23.3. The number of nitrogens with one attached hydrogen (secondary N) is 2. The number of rotatable bonds is 7. The molecule has 0 atom stereocenters. The van der Waals surface area contributed by atoms with Gasteiger partial charge in [-0.3, -0.25) is 24.0 Å². The van der Waals surface area contributed by atoms with Crippen LogP contribution in [0.1, 0.15) is 104 Å². The van der Waals surface area contributed by atoms with Crippen LogP contribution in [0.3, 0.4) is 0 Å². The second kappa shape index (κ2) is 15.4. The van der Waals surface area contributed by atoms with Crippen LogP contribution >= 0.6 is 11.6 Å². The average Bonchev–Trinajstić information content (AvgIpc) is 3.09. The maximum absolute atomic E-state index is 13.0. The molecule has 0 fully saturated rings. The molecule has 6 rings (SSSR count). The summed E-state index contributed by atoms with van der Waals surface area (Å²) in [7, 11) is 0. The van der Waals surface area contributed by atoms with Gasteiger partial charge < -0.3 is 22.1 Å². The van der Waals surface area contributed by atoms with Gasteiger partial charge in [0.15, 0.2) is 23.1 Å². The number of nitrogens with two attached hydrogens (primary N) is 2. The molecule has 9 nitrogen and oxygen atoms in total. The van der Waals surface area contributed by atoms with E-state index in [4.69, 9.17) is 23.1 Å². The van der Waals surface area contributed by atoms with Crippen LogP contribution in [-0.2, 0) is 4.79 Å². The van der Waals surface area contributed by atoms with Crippen molar-refractivity contribution < 1.29 is 24.0 Å². The van der Waals surface area contributed by atoms with Gasteiger partial charge in [0.1, 0.15) is 0 Å². The van der Waals surface area contributed by atoms with Crippen LogP contribution < -0.4 is 22.1 Å². The molecule has 0 spiro atoms. The van der Waals surface area contributed by atoms with Crippen molar-refractivity contribution in [1.82, 2.24) is 0 Å². The van der Waals surface area contributed by atoms with Gasteiger partial charge in [-0.1, -0.05) is 33.9 Å². The van der Waals surface area contributed by atoms with Crippen molar-refractivity contribution in [2.45, 2.75) is 40.0 Å². The summed E-state index contributed by atoms with van der Waals surface area (Å²) in [6, 6.07) is 19.9. The van der Waals surface area contributed by atoms with E-state index in [1.54, 1.807) is 67.6 Å². The van der Waals surface area contributed by atoms with E-state index in [0.717, 1.165) is 35.6 Å². The number of nitrogen functional groups attached to an aromatic ring is 2. The summed E-state index contributed by atoms with van der Waals surface area (Å²) in [5, 5.41) is 6.06. The molecule has 0 heterocycles. The smallest absolute Gasteiger partial charge is 0.221 e. The SMILES string of the molecule is C=C(CC)Nc1ccc2c(c1)C(=O)c1cc(NC(=C)CC)ccc1C2=O.CCC(=O)Cl.Nc1ccc2c(c1)C(=O)c1cc(N)ccc1C2=O. The molecule has 2 aliphatic carbocycles. The van der Waals surface area contributed by atoms with Crippen LogP contribution in [0.25, 0.3) is 0 Å². The molecule has 0 unspecified atom stereocenters. The summed E-state index contributed by atoms with van der Waals surface area (Å²) in [4.78, 5) is 59.9. The molecule has 0 saturated heterocycles. The standard InChI is InChI=1S/C22H22N2O2.C14H10N2O2.C3H5ClO/c1-5-13(3)23-15-7-9-17-19(11-15)22(26)20-12-16(24-14(4)6-2)8-10-18(20)21(17)25;15-7-1-3-9-11(5-7)14(18)12-6-8(16)2-4-10(12)13(9)17;1-2-3(4)5/h7-12,23-24H,3-6H2,1-2H3;1-6H,15-16H2;2H2,1H3. The zero-order chi connectivity index (χ0) is 36.0. The minimum absolute atomic E-state index is 0.128. The van der Waals surface area contributed by atoms with E-state index in [1.165, 1.54) is 12.1 Å². The van der Waals surface area contributed by atoms with Crippen molar-refractivity contribution >= 4 is 62.7 Å². The zero-order valence-corrected chi connectivity index (χ0v) is 28.3. The maximum Gasteiger partial charge on any atom is 0.221 e. The fourth-order valence-electron chi connectivity index (χ4n) is 5.08. The van der Waals surface area contributed by atoms with E-state index >= 15 is 0 Å². The van der Waals surface area contributed by atoms with E-state index in [-0.39, 0.29) is 28.4 Å². The lowest BCUT2D eigenvalue weighted by molar-refractivity contribution is -0.111. The fourth-order valence-corrected chi connectivity index (χ4v) is 5.08. The van der Waals surface area contributed by atoms with E-state index < -0.39 is 0 Å². The minimum atomic E-state index is -0.273. The number of anilines is 4. The molecule has 0 aromatic heterocycles. The molecular formula is C39H37ClN4O5. The minimum Gasteiger partial charge on any atom is -0.399 e. The van der Waals surface area contributed by atoms with Gasteiger partial charge in [0, 0.05) is 85.1 Å². The third-order valence-corrected chi connectivity index (χ3v) is 8.12. The van der Waals surface area contributed by atoms with Crippen LogP contribution in [0.4, 0.5) is 22.7 Å². The largest absolute Gasteiger partial charge is 0.399 e.